The van der Waals surface area contributed by atoms with Crippen LogP contribution in [0.3, 0.4) is 0 Å². The van der Waals surface area contributed by atoms with Crippen LogP contribution in [0.5, 0.6) is 0 Å². The first-order valence-electron chi connectivity index (χ1n) is 10.7. The number of nitrogens with one attached hydrogen (secondary N) is 1. The summed E-state index contributed by atoms with van der Waals surface area (Å²) >= 11 is 1.64. The summed E-state index contributed by atoms with van der Waals surface area (Å²) in [6.45, 7) is 10.9. The fraction of sp³-hybridized carbons (Fsp3) is 0.750. The lowest BCUT2D eigenvalue weighted by molar-refractivity contribution is -0.135. The van der Waals surface area contributed by atoms with E-state index < -0.39 is 0 Å². The maximum absolute atomic E-state index is 12.7. The standard InChI is InChI=1S/C20H35N7OS.HI/c1-5-21-19(22-14-17-15-29-20(23-17)24(3)4)27-12-10-25(11-13-27)16(2)18(28)26-8-6-7-9-26;/h15-16H,5-14H2,1-4H3,(H,21,22);1H. The smallest absolute Gasteiger partial charge is 0.239 e. The molecule has 0 aliphatic carbocycles. The topological polar surface area (TPSA) is 67.3 Å². The van der Waals surface area contributed by atoms with Crippen LogP contribution in [0.2, 0.25) is 0 Å². The Morgan fingerprint density at radius 3 is 2.43 bits per heavy atom. The van der Waals surface area contributed by atoms with E-state index in [1.807, 2.05) is 23.9 Å². The van der Waals surface area contributed by atoms with E-state index in [0.29, 0.717) is 6.54 Å². The number of halogens is 1. The minimum Gasteiger partial charge on any atom is -0.357 e. The average molecular weight is 550 g/mol. The summed E-state index contributed by atoms with van der Waals surface area (Å²) in [4.78, 5) is 30.8. The minimum atomic E-state index is -0.0331. The highest BCUT2D eigenvalue weighted by molar-refractivity contribution is 14.0. The van der Waals surface area contributed by atoms with Crippen LogP contribution < -0.4 is 10.2 Å². The third-order valence-electron chi connectivity index (χ3n) is 5.58. The van der Waals surface area contributed by atoms with E-state index in [9.17, 15) is 4.79 Å². The summed E-state index contributed by atoms with van der Waals surface area (Å²) in [6.07, 6.45) is 2.29. The summed E-state index contributed by atoms with van der Waals surface area (Å²) in [5.41, 5.74) is 0.998. The highest BCUT2D eigenvalue weighted by atomic mass is 127. The minimum absolute atomic E-state index is 0. The molecule has 2 fully saturated rings. The third kappa shape index (κ3) is 6.43. The number of thiazole rings is 1. The lowest BCUT2D eigenvalue weighted by Crippen LogP contribution is -2.57. The van der Waals surface area contributed by atoms with E-state index in [1.165, 1.54) is 0 Å². The van der Waals surface area contributed by atoms with Crippen molar-refractivity contribution in [2.75, 3.05) is 64.8 Å². The highest BCUT2D eigenvalue weighted by Crippen LogP contribution is 2.19. The molecule has 0 spiro atoms. The van der Waals surface area contributed by atoms with Gasteiger partial charge >= 0.3 is 0 Å². The summed E-state index contributed by atoms with van der Waals surface area (Å²) in [5, 5.41) is 6.49. The number of likely N-dealkylation sites (tertiary alicyclic amines) is 1. The van der Waals surface area contributed by atoms with Gasteiger partial charge in [-0.05, 0) is 26.7 Å². The number of nitrogens with zero attached hydrogens (tertiary/aromatic N) is 6. The summed E-state index contributed by atoms with van der Waals surface area (Å²) in [7, 11) is 4.01. The van der Waals surface area contributed by atoms with Gasteiger partial charge in [0.25, 0.3) is 0 Å². The van der Waals surface area contributed by atoms with E-state index >= 15 is 0 Å². The van der Waals surface area contributed by atoms with Gasteiger partial charge in [0.2, 0.25) is 5.91 Å². The van der Waals surface area contributed by atoms with Crippen molar-refractivity contribution in [2.45, 2.75) is 39.3 Å². The lowest BCUT2D eigenvalue weighted by atomic mass is 10.2. The van der Waals surface area contributed by atoms with E-state index in [4.69, 9.17) is 4.99 Å². The Balaban J connectivity index is 0.00000320. The SMILES string of the molecule is CCNC(=NCc1csc(N(C)C)n1)N1CCN(C(C)C(=O)N2CCCC2)CC1.I. The van der Waals surface area contributed by atoms with Crippen LogP contribution in [0, 0.1) is 0 Å². The maximum atomic E-state index is 12.7. The molecule has 1 atom stereocenters. The second kappa shape index (κ2) is 12.0. The number of guanidine groups is 1. The van der Waals surface area contributed by atoms with E-state index in [2.05, 4.69) is 39.3 Å². The largest absolute Gasteiger partial charge is 0.357 e. The number of amides is 1. The third-order valence-corrected chi connectivity index (χ3v) is 6.64. The molecule has 3 heterocycles. The molecule has 1 amide bonds. The van der Waals surface area contributed by atoms with Gasteiger partial charge in [-0.1, -0.05) is 0 Å². The first-order chi connectivity index (χ1) is 14.0. The zero-order valence-corrected chi connectivity index (χ0v) is 21.8. The number of piperazine rings is 1. The van der Waals surface area contributed by atoms with E-state index in [0.717, 1.165) is 75.4 Å². The maximum Gasteiger partial charge on any atom is 0.239 e. The molecule has 3 rings (SSSR count). The van der Waals surface area contributed by atoms with Gasteiger partial charge in [-0.2, -0.15) is 0 Å². The number of hydrogen-bond donors (Lipinski definition) is 1. The summed E-state index contributed by atoms with van der Waals surface area (Å²) < 4.78 is 0. The predicted octanol–water partition coefficient (Wildman–Crippen LogP) is 1.92. The molecule has 10 heteroatoms. The van der Waals surface area contributed by atoms with Gasteiger partial charge in [-0.15, -0.1) is 35.3 Å². The lowest BCUT2D eigenvalue weighted by Gasteiger charge is -2.39. The molecule has 2 aliphatic heterocycles. The van der Waals surface area contributed by atoms with Gasteiger partial charge in [0, 0.05) is 65.3 Å². The fourth-order valence-electron chi connectivity index (χ4n) is 3.83. The van der Waals surface area contributed by atoms with Crippen molar-refractivity contribution in [3.63, 3.8) is 0 Å². The fourth-order valence-corrected chi connectivity index (χ4v) is 4.58. The molecule has 30 heavy (non-hydrogen) atoms. The quantitative estimate of drug-likeness (QED) is 0.333. The van der Waals surface area contributed by atoms with Crippen LogP contribution in [0.1, 0.15) is 32.4 Å². The number of aromatic nitrogens is 1. The highest BCUT2D eigenvalue weighted by Gasteiger charge is 2.30. The number of carbonyl (C=O) groups is 1. The van der Waals surface area contributed by atoms with Gasteiger partial charge in [-0.3, -0.25) is 9.69 Å². The molecule has 0 radical (unpaired) electrons. The van der Waals surface area contributed by atoms with Gasteiger partial charge in [-0.25, -0.2) is 9.98 Å². The molecule has 1 aromatic rings. The molecule has 8 nitrogen and oxygen atoms in total. The monoisotopic (exact) mass is 549 g/mol. The molecular weight excluding hydrogens is 513 g/mol. The molecule has 0 aromatic carbocycles. The zero-order chi connectivity index (χ0) is 20.8. The van der Waals surface area contributed by atoms with E-state index in [1.54, 1.807) is 11.3 Å². The molecule has 1 N–H and O–H groups in total. The summed E-state index contributed by atoms with van der Waals surface area (Å²) in [5.74, 6) is 1.22. The first kappa shape index (κ1) is 25.1. The molecule has 0 bridgehead atoms. The molecule has 1 unspecified atom stereocenters. The van der Waals surface area contributed by atoms with Crippen LogP contribution in [-0.4, -0.2) is 97.5 Å². The predicted molar refractivity (Wildman–Crippen MR) is 135 cm³/mol. The number of anilines is 1. The van der Waals surface area contributed by atoms with E-state index in [-0.39, 0.29) is 35.9 Å². The van der Waals surface area contributed by atoms with Gasteiger partial charge < -0.3 is 20.0 Å². The van der Waals surface area contributed by atoms with Crippen molar-refractivity contribution in [2.24, 2.45) is 4.99 Å². The van der Waals surface area contributed by atoms with Crippen molar-refractivity contribution in [3.8, 4) is 0 Å². The summed E-state index contributed by atoms with van der Waals surface area (Å²) in [6, 6.07) is -0.0331. The van der Waals surface area contributed by atoms with Crippen LogP contribution in [-0.2, 0) is 11.3 Å². The zero-order valence-electron chi connectivity index (χ0n) is 18.6. The van der Waals surface area contributed by atoms with Crippen molar-refractivity contribution in [1.29, 1.82) is 0 Å². The molecule has 2 aliphatic rings. The van der Waals surface area contributed by atoms with Crippen LogP contribution in [0.4, 0.5) is 5.13 Å². The first-order valence-corrected chi connectivity index (χ1v) is 11.6. The second-order valence-corrected chi connectivity index (χ2v) is 8.75. The molecular formula is C20H36IN7OS. The van der Waals surface area contributed by atoms with Gasteiger partial charge in [0.15, 0.2) is 11.1 Å². The number of aliphatic imine (C=N–C) groups is 1. The normalized spacial score (nSPS) is 18.9. The average Bonchev–Trinajstić information content (AvgIpc) is 3.42. The number of rotatable bonds is 6. The van der Waals surface area contributed by atoms with Gasteiger partial charge in [0.1, 0.15) is 0 Å². The second-order valence-electron chi connectivity index (χ2n) is 7.92. The molecule has 1 aromatic heterocycles. The Labute approximate surface area is 201 Å². The number of carbonyl (C=O) groups excluding carboxylic acids is 1. The molecule has 170 valence electrons. The molecule has 2 saturated heterocycles. The Kier molecular flexibility index (Phi) is 10.1. The van der Waals surface area contributed by atoms with Crippen molar-refractivity contribution in [3.05, 3.63) is 11.1 Å². The van der Waals surface area contributed by atoms with Crippen molar-refractivity contribution >= 4 is 52.3 Å². The molecule has 0 saturated carbocycles. The van der Waals surface area contributed by atoms with Crippen LogP contribution in [0.15, 0.2) is 10.4 Å². The Hall–Kier alpha value is -1.14. The Bertz CT molecular complexity index is 697. The van der Waals surface area contributed by atoms with Crippen LogP contribution >= 0.6 is 35.3 Å². The number of hydrogen-bond acceptors (Lipinski definition) is 6. The Morgan fingerprint density at radius 2 is 1.87 bits per heavy atom. The Morgan fingerprint density at radius 1 is 1.20 bits per heavy atom. The van der Waals surface area contributed by atoms with Gasteiger partial charge in [0.05, 0.1) is 18.3 Å². The van der Waals surface area contributed by atoms with Crippen molar-refractivity contribution < 1.29 is 4.79 Å². The van der Waals surface area contributed by atoms with Crippen molar-refractivity contribution in [1.82, 2.24) is 25.0 Å². The van der Waals surface area contributed by atoms with Crippen LogP contribution in [0.25, 0.3) is 0 Å².